The van der Waals surface area contributed by atoms with E-state index in [2.05, 4.69) is 20.5 Å². The van der Waals surface area contributed by atoms with Gasteiger partial charge in [-0.2, -0.15) is 5.10 Å². The lowest BCUT2D eigenvalue weighted by molar-refractivity contribution is -0.118. The summed E-state index contributed by atoms with van der Waals surface area (Å²) in [5.74, 6) is 0.265. The van der Waals surface area contributed by atoms with Gasteiger partial charge in [0.2, 0.25) is 0 Å². The van der Waals surface area contributed by atoms with E-state index >= 15 is 0 Å². The second kappa shape index (κ2) is 8.39. The number of hydrogen-bond donors (Lipinski definition) is 3. The van der Waals surface area contributed by atoms with E-state index in [1.165, 1.54) is 18.0 Å². The van der Waals surface area contributed by atoms with Crippen LogP contribution in [0.3, 0.4) is 0 Å². The molecule has 2 aromatic carbocycles. The molecule has 3 N–H and O–H groups in total. The Hall–Kier alpha value is -3.00. The third kappa shape index (κ3) is 4.34. The van der Waals surface area contributed by atoms with Crippen molar-refractivity contribution in [3.63, 3.8) is 0 Å². The van der Waals surface area contributed by atoms with Gasteiger partial charge in [0.1, 0.15) is 0 Å². The molecule has 7 nitrogen and oxygen atoms in total. The van der Waals surface area contributed by atoms with E-state index in [0.717, 1.165) is 11.0 Å². The average molecular weight is 370 g/mol. The number of nitrogens with zero attached hydrogens (tertiary/aromatic N) is 2. The monoisotopic (exact) mass is 370 g/mol. The number of ether oxygens (including phenoxy) is 1. The van der Waals surface area contributed by atoms with Gasteiger partial charge in [-0.3, -0.25) is 4.79 Å². The van der Waals surface area contributed by atoms with Crippen molar-refractivity contribution < 1.29 is 14.6 Å². The first-order chi connectivity index (χ1) is 12.7. The van der Waals surface area contributed by atoms with Gasteiger partial charge in [0.05, 0.1) is 29.6 Å². The Morgan fingerprint density at radius 1 is 1.35 bits per heavy atom. The number of nitrogens with one attached hydrogen (secondary N) is 2. The second-order valence-corrected chi connectivity index (χ2v) is 6.23. The number of thioether (sulfide) groups is 1. The van der Waals surface area contributed by atoms with Gasteiger partial charge in [-0.1, -0.05) is 30.0 Å². The van der Waals surface area contributed by atoms with Gasteiger partial charge < -0.3 is 14.8 Å². The molecular weight excluding hydrogens is 352 g/mol. The molecule has 134 valence electrons. The summed E-state index contributed by atoms with van der Waals surface area (Å²) >= 11 is 1.29. The number of benzene rings is 2. The molecule has 0 radical (unpaired) electrons. The molecule has 8 heteroatoms. The maximum atomic E-state index is 11.9. The number of para-hydroxylation sites is 3. The normalized spacial score (nSPS) is 11.1. The lowest BCUT2D eigenvalue weighted by Crippen LogP contribution is -2.19. The molecule has 0 aliphatic carbocycles. The number of rotatable bonds is 7. The molecule has 3 aromatic rings. The van der Waals surface area contributed by atoms with Crippen LogP contribution in [0.15, 0.2) is 52.7 Å². The van der Waals surface area contributed by atoms with Crippen LogP contribution in [-0.4, -0.2) is 39.6 Å². The largest absolute Gasteiger partial charge is 0.504 e. The first-order valence-corrected chi connectivity index (χ1v) is 9.00. The molecule has 0 aliphatic heterocycles. The molecular formula is C18H18N4O3S. The number of phenols is 1. The SMILES string of the molecule is CCOc1cccc(/C=N\NC(=O)CSc2nc3ccccc3[nH]2)c1O. The number of imidazole rings is 1. The summed E-state index contributed by atoms with van der Waals surface area (Å²) in [4.78, 5) is 19.4. The molecule has 0 unspecified atom stereocenters. The topological polar surface area (TPSA) is 99.6 Å². The van der Waals surface area contributed by atoms with Gasteiger partial charge in [-0.05, 0) is 31.2 Å². The van der Waals surface area contributed by atoms with Crippen molar-refractivity contribution in [1.82, 2.24) is 15.4 Å². The number of carbonyl (C=O) groups is 1. The Bertz CT molecular complexity index is 906. The molecule has 0 spiro atoms. The van der Waals surface area contributed by atoms with E-state index in [0.29, 0.717) is 23.1 Å². The van der Waals surface area contributed by atoms with Crippen molar-refractivity contribution in [1.29, 1.82) is 0 Å². The minimum atomic E-state index is -0.271. The number of aromatic nitrogens is 2. The zero-order chi connectivity index (χ0) is 18.4. The fourth-order valence-electron chi connectivity index (χ4n) is 2.25. The van der Waals surface area contributed by atoms with Crippen LogP contribution in [0.5, 0.6) is 11.5 Å². The Kier molecular flexibility index (Phi) is 5.75. The Morgan fingerprint density at radius 2 is 2.19 bits per heavy atom. The van der Waals surface area contributed by atoms with Crippen LogP contribution in [0.4, 0.5) is 0 Å². The van der Waals surface area contributed by atoms with Crippen LogP contribution in [0.1, 0.15) is 12.5 Å². The van der Waals surface area contributed by atoms with Crippen LogP contribution in [0.25, 0.3) is 11.0 Å². The molecule has 3 rings (SSSR count). The predicted molar refractivity (Wildman–Crippen MR) is 102 cm³/mol. The van der Waals surface area contributed by atoms with Crippen molar-refractivity contribution in [2.45, 2.75) is 12.1 Å². The highest BCUT2D eigenvalue weighted by Crippen LogP contribution is 2.28. The van der Waals surface area contributed by atoms with E-state index in [1.807, 2.05) is 31.2 Å². The van der Waals surface area contributed by atoms with E-state index in [4.69, 9.17) is 4.74 Å². The molecule has 0 saturated heterocycles. The summed E-state index contributed by atoms with van der Waals surface area (Å²) < 4.78 is 5.30. The quantitative estimate of drug-likeness (QED) is 0.337. The molecule has 0 bridgehead atoms. The van der Waals surface area contributed by atoms with E-state index in [-0.39, 0.29) is 17.4 Å². The molecule has 0 fully saturated rings. The minimum Gasteiger partial charge on any atom is -0.504 e. The third-order valence-electron chi connectivity index (χ3n) is 3.43. The third-order valence-corrected chi connectivity index (χ3v) is 4.30. The first-order valence-electron chi connectivity index (χ1n) is 8.01. The standard InChI is InChI=1S/C18H18N4O3S/c1-2-25-15-9-5-6-12(17(15)24)10-19-22-16(23)11-26-18-20-13-7-3-4-8-14(13)21-18/h3-10,24H,2,11H2,1H3,(H,20,21)(H,22,23)/b19-10-. The van der Waals surface area contributed by atoms with E-state index in [1.54, 1.807) is 18.2 Å². The summed E-state index contributed by atoms with van der Waals surface area (Å²) in [5, 5.41) is 14.6. The highest BCUT2D eigenvalue weighted by Gasteiger charge is 2.07. The summed E-state index contributed by atoms with van der Waals surface area (Å²) in [6, 6.07) is 12.8. The van der Waals surface area contributed by atoms with Gasteiger partial charge in [0.25, 0.3) is 5.91 Å². The predicted octanol–water partition coefficient (Wildman–Crippen LogP) is 2.91. The number of amides is 1. The molecule has 0 saturated carbocycles. The van der Waals surface area contributed by atoms with Gasteiger partial charge in [-0.15, -0.1) is 0 Å². The van der Waals surface area contributed by atoms with Gasteiger partial charge in [0, 0.05) is 5.56 Å². The van der Waals surface area contributed by atoms with Crippen molar-refractivity contribution in [2.24, 2.45) is 5.10 Å². The maximum absolute atomic E-state index is 11.9. The summed E-state index contributed by atoms with van der Waals surface area (Å²) in [5.41, 5.74) is 4.68. The molecule has 1 amide bonds. The summed E-state index contributed by atoms with van der Waals surface area (Å²) in [7, 11) is 0. The molecule has 26 heavy (non-hydrogen) atoms. The Balaban J connectivity index is 1.54. The van der Waals surface area contributed by atoms with Crippen molar-refractivity contribution in [2.75, 3.05) is 12.4 Å². The van der Waals surface area contributed by atoms with Crippen LogP contribution in [0.2, 0.25) is 0 Å². The molecule has 0 aliphatic rings. The van der Waals surface area contributed by atoms with Crippen LogP contribution in [0, 0.1) is 0 Å². The fraction of sp³-hybridized carbons (Fsp3) is 0.167. The number of hydrogen-bond acceptors (Lipinski definition) is 6. The Morgan fingerprint density at radius 3 is 3.00 bits per heavy atom. The number of aromatic hydroxyl groups is 1. The summed E-state index contributed by atoms with van der Waals surface area (Å²) in [6.07, 6.45) is 1.38. The van der Waals surface area contributed by atoms with Gasteiger partial charge >= 0.3 is 0 Å². The number of carbonyl (C=O) groups excluding carboxylic acids is 1. The lowest BCUT2D eigenvalue weighted by atomic mass is 10.2. The van der Waals surface area contributed by atoms with Crippen molar-refractivity contribution in [3.8, 4) is 11.5 Å². The first kappa shape index (κ1) is 17.8. The molecule has 1 aromatic heterocycles. The van der Waals surface area contributed by atoms with E-state index in [9.17, 15) is 9.90 Å². The minimum absolute atomic E-state index is 0.0102. The lowest BCUT2D eigenvalue weighted by Gasteiger charge is -2.07. The Labute approximate surface area is 154 Å². The second-order valence-electron chi connectivity index (χ2n) is 5.27. The average Bonchev–Trinajstić information content (AvgIpc) is 3.06. The van der Waals surface area contributed by atoms with Gasteiger partial charge in [-0.25, -0.2) is 10.4 Å². The van der Waals surface area contributed by atoms with Gasteiger partial charge in [0.15, 0.2) is 16.7 Å². The number of aromatic amines is 1. The molecule has 1 heterocycles. The fourth-order valence-corrected chi connectivity index (χ4v) is 2.93. The smallest absolute Gasteiger partial charge is 0.250 e. The van der Waals surface area contributed by atoms with Crippen molar-refractivity contribution >= 4 is 34.9 Å². The zero-order valence-electron chi connectivity index (χ0n) is 14.1. The van der Waals surface area contributed by atoms with Crippen LogP contribution >= 0.6 is 11.8 Å². The zero-order valence-corrected chi connectivity index (χ0v) is 14.9. The van der Waals surface area contributed by atoms with Crippen LogP contribution in [-0.2, 0) is 4.79 Å². The number of phenolic OH excluding ortho intramolecular Hbond substituents is 1. The number of hydrazone groups is 1. The van der Waals surface area contributed by atoms with Crippen molar-refractivity contribution in [3.05, 3.63) is 48.0 Å². The number of fused-ring (bicyclic) bond motifs is 1. The highest BCUT2D eigenvalue weighted by atomic mass is 32.2. The molecule has 0 atom stereocenters. The highest BCUT2D eigenvalue weighted by molar-refractivity contribution is 7.99. The number of H-pyrrole nitrogens is 1. The van der Waals surface area contributed by atoms with E-state index < -0.39 is 0 Å². The maximum Gasteiger partial charge on any atom is 0.250 e. The summed E-state index contributed by atoms with van der Waals surface area (Å²) in [6.45, 7) is 2.28. The van der Waals surface area contributed by atoms with Crippen LogP contribution < -0.4 is 10.2 Å².